The van der Waals surface area contributed by atoms with Crippen molar-refractivity contribution in [2.24, 2.45) is 17.8 Å². The number of unbranched alkanes of at least 4 members (excludes halogenated alkanes) is 1. The molecule has 5 nitrogen and oxygen atoms in total. The second-order valence-corrected chi connectivity index (χ2v) is 8.94. The summed E-state index contributed by atoms with van der Waals surface area (Å²) in [6.07, 6.45) is 15.1. The summed E-state index contributed by atoms with van der Waals surface area (Å²) < 4.78 is 19.0. The lowest BCUT2D eigenvalue weighted by molar-refractivity contribution is -0.137. The van der Waals surface area contributed by atoms with Gasteiger partial charge in [0.25, 0.3) is 0 Å². The van der Waals surface area contributed by atoms with Gasteiger partial charge in [-0.2, -0.15) is 0 Å². The predicted octanol–water partition coefficient (Wildman–Crippen LogP) is 4.90. The first-order valence-electron chi connectivity index (χ1n) is 11.3. The Morgan fingerprint density at radius 2 is 2.04 bits per heavy atom. The van der Waals surface area contributed by atoms with Crippen LogP contribution in [-0.4, -0.2) is 35.8 Å². The number of aliphatic hydroxyl groups excluding tert-OH is 1. The third kappa shape index (κ3) is 7.65. The summed E-state index contributed by atoms with van der Waals surface area (Å²) in [5.41, 5.74) is 0. The third-order valence-corrected chi connectivity index (χ3v) is 7.27. The number of hydrogen-bond acceptors (Lipinski definition) is 4. The highest BCUT2D eigenvalue weighted by Crippen LogP contribution is 2.42. The predicted molar refractivity (Wildman–Crippen MR) is 118 cm³/mol. The van der Waals surface area contributed by atoms with Gasteiger partial charge in [-0.15, -0.1) is 0 Å². The average Bonchev–Trinajstić information content (AvgIpc) is 3.00. The summed E-state index contributed by atoms with van der Waals surface area (Å²) in [4.78, 5) is 10.6. The largest absolute Gasteiger partial charge is 0.481 e. The molecule has 2 aliphatic rings. The number of hydrogen-bond donors (Lipinski definition) is 2. The lowest BCUT2D eigenvalue weighted by atomic mass is 9.80. The molecule has 0 saturated heterocycles. The molecule has 0 bridgehead atoms. The van der Waals surface area contributed by atoms with Crippen LogP contribution in [-0.2, 0) is 13.8 Å². The minimum absolute atomic E-state index is 0.0530. The highest BCUT2D eigenvalue weighted by atomic mass is 31.0. The zero-order valence-electron chi connectivity index (χ0n) is 17.8. The molecule has 2 fully saturated rings. The zero-order chi connectivity index (χ0) is 21.1. The van der Waals surface area contributed by atoms with Crippen LogP contribution in [0.3, 0.4) is 0 Å². The molecule has 0 radical (unpaired) electrons. The standard InChI is InChI=1S/C21H38O5P2/c22-18-14-20(26-28)17(16(18)10-6-1-2-7-11-21(23)24)12-13-19(25-27)15-8-4-3-5-9-15/h1,6,15-20,22H,2-5,7-14,27-28H2,(H,23,24)/t16-,17-,18+,19-,20-/m1/s1/i28T/t16-,17-,18+,19-,20-,28?. The molecule has 7 atom stereocenters. The molecule has 2 unspecified atom stereocenters. The van der Waals surface area contributed by atoms with Crippen LogP contribution in [0.15, 0.2) is 12.2 Å². The molecule has 7 heteroatoms. The topological polar surface area (TPSA) is 76.0 Å². The Balaban J connectivity index is 1.89. The lowest BCUT2D eigenvalue weighted by Gasteiger charge is -2.31. The molecule has 0 aromatic carbocycles. The summed E-state index contributed by atoms with van der Waals surface area (Å²) in [5, 5.41) is 19.3. The van der Waals surface area contributed by atoms with Crippen LogP contribution >= 0.6 is 18.9 Å². The van der Waals surface area contributed by atoms with E-state index in [0.717, 1.165) is 25.7 Å². The maximum Gasteiger partial charge on any atom is 0.303 e. The maximum absolute atomic E-state index is 10.6. The summed E-state index contributed by atoms with van der Waals surface area (Å²) in [7, 11) is 2.14. The van der Waals surface area contributed by atoms with Crippen molar-refractivity contribution in [1.82, 2.24) is 0 Å². The molecule has 2 N–H and O–H groups in total. The van der Waals surface area contributed by atoms with Crippen LogP contribution in [0.2, 0.25) is 0 Å². The molecule has 2 aliphatic carbocycles. The molecule has 28 heavy (non-hydrogen) atoms. The summed E-state index contributed by atoms with van der Waals surface area (Å²) in [6, 6.07) is 0. The van der Waals surface area contributed by atoms with E-state index in [2.05, 4.69) is 15.5 Å². The van der Waals surface area contributed by atoms with E-state index in [1.165, 1.54) is 32.1 Å². The van der Waals surface area contributed by atoms with Crippen molar-refractivity contribution >= 4 is 24.8 Å². The van der Waals surface area contributed by atoms with Crippen LogP contribution in [0.4, 0.5) is 0 Å². The van der Waals surface area contributed by atoms with Gasteiger partial charge in [0, 0.05) is 31.7 Å². The normalized spacial score (nSPS) is 31.0. The van der Waals surface area contributed by atoms with Crippen LogP contribution in [0, 0.1) is 17.8 Å². The number of carbonyl (C=O) groups is 1. The molecular formula is C21H38O5P2. The Hall–Kier alpha value is -0.0500. The van der Waals surface area contributed by atoms with Gasteiger partial charge in [0.05, 0.1) is 19.6 Å². The van der Waals surface area contributed by atoms with Crippen molar-refractivity contribution in [2.75, 3.05) is 0 Å². The van der Waals surface area contributed by atoms with Gasteiger partial charge in [0.15, 0.2) is 0 Å². The second-order valence-electron chi connectivity index (χ2n) is 8.43. The monoisotopic (exact) mass is 434 g/mol. The minimum atomic E-state index is -0.760. The van der Waals surface area contributed by atoms with Gasteiger partial charge in [-0.05, 0) is 62.7 Å². The molecule has 2 rings (SSSR count). The Morgan fingerprint density at radius 3 is 2.71 bits per heavy atom. The number of allylic oxidation sites excluding steroid dienone is 2. The molecule has 0 heterocycles. The van der Waals surface area contributed by atoms with Gasteiger partial charge in [-0.3, -0.25) is 4.79 Å². The number of carboxylic acids is 1. The first-order chi connectivity index (χ1) is 14.1. The van der Waals surface area contributed by atoms with Gasteiger partial charge >= 0.3 is 5.97 Å². The van der Waals surface area contributed by atoms with Crippen molar-refractivity contribution in [1.29, 1.82) is 1.28 Å². The summed E-state index contributed by atoms with van der Waals surface area (Å²) in [6.45, 7) is 0. The Kier molecular flexibility index (Phi) is 10.7. The average molecular weight is 434 g/mol. The molecule has 0 aromatic rings. The van der Waals surface area contributed by atoms with E-state index in [0.29, 0.717) is 18.8 Å². The minimum Gasteiger partial charge on any atom is -0.481 e. The first kappa shape index (κ1) is 22.6. The SMILES string of the molecule is [3H]PO[C@@H]1C[C@H](O)[C@H](CC=CCCCC(=O)O)[C@H]1CC[C@@H](OP)C1CCCCC1. The number of rotatable bonds is 13. The van der Waals surface area contributed by atoms with Crippen molar-refractivity contribution < 1.29 is 24.1 Å². The Labute approximate surface area is 175 Å². The van der Waals surface area contributed by atoms with Crippen LogP contribution in [0.25, 0.3) is 0 Å². The molecule has 0 aromatic heterocycles. The highest BCUT2D eigenvalue weighted by Gasteiger charge is 2.42. The molecule has 0 aliphatic heterocycles. The molecule has 2 saturated carbocycles. The van der Waals surface area contributed by atoms with Gasteiger partial charge in [-0.25, -0.2) is 0 Å². The van der Waals surface area contributed by atoms with Crippen LogP contribution in [0.5, 0.6) is 0 Å². The lowest BCUT2D eigenvalue weighted by Crippen LogP contribution is -2.27. The number of aliphatic hydroxyl groups is 1. The smallest absolute Gasteiger partial charge is 0.303 e. The van der Waals surface area contributed by atoms with E-state index in [-0.39, 0.29) is 39.9 Å². The fourth-order valence-corrected chi connectivity index (χ4v) is 5.67. The van der Waals surface area contributed by atoms with E-state index in [9.17, 15) is 9.90 Å². The number of carboxylic acid groups (broad SMARTS) is 1. The van der Waals surface area contributed by atoms with Gasteiger partial charge < -0.3 is 19.3 Å². The summed E-state index contributed by atoms with van der Waals surface area (Å²) in [5.74, 6) is 0.226. The van der Waals surface area contributed by atoms with E-state index in [1.807, 2.05) is 6.08 Å². The van der Waals surface area contributed by atoms with Crippen molar-refractivity contribution in [2.45, 2.75) is 95.4 Å². The van der Waals surface area contributed by atoms with Gasteiger partial charge in [0.2, 0.25) is 0 Å². The zero-order valence-corrected chi connectivity index (χ0v) is 19.0. The highest BCUT2D eigenvalue weighted by molar-refractivity contribution is 7.10. The fraction of sp³-hybridized carbons (Fsp3) is 0.857. The third-order valence-electron chi connectivity index (χ3n) is 6.62. The van der Waals surface area contributed by atoms with E-state index in [1.54, 1.807) is 0 Å². The Bertz CT molecular complexity index is 501. The van der Waals surface area contributed by atoms with Crippen molar-refractivity contribution in [3.63, 3.8) is 0 Å². The van der Waals surface area contributed by atoms with Crippen LogP contribution in [0.1, 0.15) is 77.0 Å². The maximum atomic E-state index is 10.6. The molecule has 162 valence electrons. The molecular weight excluding hydrogens is 394 g/mol. The number of aliphatic carboxylic acids is 1. The van der Waals surface area contributed by atoms with E-state index < -0.39 is 12.1 Å². The quantitative estimate of drug-likeness (QED) is 0.245. The van der Waals surface area contributed by atoms with Crippen LogP contribution < -0.4 is 0 Å². The van der Waals surface area contributed by atoms with Gasteiger partial charge in [-0.1, -0.05) is 31.4 Å². The molecule has 0 amide bonds. The van der Waals surface area contributed by atoms with E-state index >= 15 is 0 Å². The van der Waals surface area contributed by atoms with Gasteiger partial charge in [0.1, 0.15) is 0 Å². The summed E-state index contributed by atoms with van der Waals surface area (Å²) >= 11 is 0. The Morgan fingerprint density at radius 1 is 1.25 bits per heavy atom. The first-order valence-corrected chi connectivity index (χ1v) is 11.7. The van der Waals surface area contributed by atoms with Crippen molar-refractivity contribution in [3.8, 4) is 0 Å². The fourth-order valence-electron chi connectivity index (χ4n) is 5.04. The van der Waals surface area contributed by atoms with E-state index in [4.69, 9.17) is 15.4 Å². The second kappa shape index (κ2) is 13.3. The molecule has 0 spiro atoms. The van der Waals surface area contributed by atoms with Crippen molar-refractivity contribution in [3.05, 3.63) is 12.2 Å².